The molecule has 1 aromatic rings. The van der Waals surface area contributed by atoms with Gasteiger partial charge in [-0.2, -0.15) is 0 Å². The van der Waals surface area contributed by atoms with Crippen molar-refractivity contribution in [2.45, 2.75) is 44.9 Å². The van der Waals surface area contributed by atoms with E-state index in [0.29, 0.717) is 5.56 Å². The summed E-state index contributed by atoms with van der Waals surface area (Å²) >= 11 is 0. The van der Waals surface area contributed by atoms with Gasteiger partial charge in [-0.15, -0.1) is 0 Å². The highest BCUT2D eigenvalue weighted by Gasteiger charge is 2.39. The minimum Gasteiger partial charge on any atom is -0.504 e. The van der Waals surface area contributed by atoms with Gasteiger partial charge >= 0.3 is 11.9 Å². The molecule has 9 nitrogen and oxygen atoms in total. The Balaban J connectivity index is 2.97. The molecule has 4 N–H and O–H groups in total. The van der Waals surface area contributed by atoms with Gasteiger partial charge in [-0.05, 0) is 44.9 Å². The lowest BCUT2D eigenvalue weighted by Crippen LogP contribution is -2.54. The van der Waals surface area contributed by atoms with Gasteiger partial charge in [0, 0.05) is 7.05 Å². The first-order valence-corrected chi connectivity index (χ1v) is 8.21. The number of likely N-dealkylation sites (N-methyl/N-ethyl adjacent to an activating group) is 1. The normalized spacial score (nSPS) is 13.4. The number of ether oxygens (including phenoxy) is 2. The fraction of sp³-hybridized carbons (Fsp3) is 0.500. The predicted octanol–water partition coefficient (Wildman–Crippen LogP) is 0.309. The quantitative estimate of drug-likeness (QED) is 0.363. The van der Waals surface area contributed by atoms with Gasteiger partial charge in [0.25, 0.3) is 0 Å². The maximum atomic E-state index is 12.6. The molecule has 2 unspecified atom stereocenters. The number of phenols is 2. The number of hydrogen-bond acceptors (Lipinski definition) is 8. The summed E-state index contributed by atoms with van der Waals surface area (Å²) < 4.78 is 9.80. The molecule has 1 rings (SSSR count). The molecule has 27 heavy (non-hydrogen) atoms. The van der Waals surface area contributed by atoms with Crippen molar-refractivity contribution in [2.24, 2.45) is 5.73 Å². The molecule has 0 radical (unpaired) electrons. The molecule has 0 aliphatic rings. The minimum atomic E-state index is -1.60. The van der Waals surface area contributed by atoms with Crippen molar-refractivity contribution in [1.82, 2.24) is 4.90 Å². The van der Waals surface area contributed by atoms with E-state index < -0.39 is 35.5 Å². The zero-order valence-electron chi connectivity index (χ0n) is 16.1. The number of hydrogen-bond donors (Lipinski definition) is 3. The van der Waals surface area contributed by atoms with Crippen molar-refractivity contribution in [2.75, 3.05) is 14.2 Å². The molecule has 0 aromatic heterocycles. The van der Waals surface area contributed by atoms with E-state index in [-0.39, 0.29) is 17.9 Å². The van der Waals surface area contributed by atoms with Crippen LogP contribution in [0.4, 0.5) is 0 Å². The largest absolute Gasteiger partial charge is 0.504 e. The van der Waals surface area contributed by atoms with Gasteiger partial charge in [-0.3, -0.25) is 4.79 Å². The van der Waals surface area contributed by atoms with Gasteiger partial charge in [-0.25, -0.2) is 9.59 Å². The molecule has 0 fully saturated rings. The summed E-state index contributed by atoms with van der Waals surface area (Å²) in [6.45, 7) is 4.89. The van der Waals surface area contributed by atoms with Crippen molar-refractivity contribution in [3.05, 3.63) is 23.8 Å². The maximum absolute atomic E-state index is 12.6. The van der Waals surface area contributed by atoms with E-state index in [0.717, 1.165) is 12.0 Å². The third kappa shape index (κ3) is 6.14. The van der Waals surface area contributed by atoms with Gasteiger partial charge in [-0.1, -0.05) is 6.07 Å². The molecule has 0 bridgehead atoms. The first-order valence-electron chi connectivity index (χ1n) is 8.21. The number of phenolic OH excluding ortho intramolecular Hbond substituents is 2. The number of carbonyl (C=O) groups excluding carboxylic acids is 3. The molecular formula is C18H26N2O7. The summed E-state index contributed by atoms with van der Waals surface area (Å²) in [5, 5.41) is 18.9. The molecule has 0 aliphatic heterocycles. The fourth-order valence-electron chi connectivity index (χ4n) is 2.31. The lowest BCUT2D eigenvalue weighted by molar-refractivity contribution is -0.172. The van der Waals surface area contributed by atoms with E-state index in [1.165, 1.54) is 25.2 Å². The lowest BCUT2D eigenvalue weighted by Gasteiger charge is -2.29. The predicted molar refractivity (Wildman–Crippen MR) is 95.9 cm³/mol. The number of esters is 2. The molecule has 0 aliphatic carbocycles. The van der Waals surface area contributed by atoms with Gasteiger partial charge in [0.1, 0.15) is 5.60 Å². The molecule has 0 heterocycles. The molecule has 150 valence electrons. The second kappa shape index (κ2) is 8.72. The Labute approximate surface area is 157 Å². The summed E-state index contributed by atoms with van der Waals surface area (Å²) in [6, 6.07) is 1.33. The standard InChI is InChI=1S/C18H26N2O7/c1-18(2,3)27-17(25)14(16(24)26-5)20(4)15(23)11(19)8-10-6-7-12(21)13(22)9-10/h6-7,9,11,14,21-22H,8,19H2,1-5H3. The van der Waals surface area contributed by atoms with E-state index in [1.807, 2.05) is 0 Å². The third-order valence-electron chi connectivity index (χ3n) is 3.60. The number of nitrogens with two attached hydrogens (primary N) is 1. The van der Waals surface area contributed by atoms with Crippen molar-refractivity contribution in [3.63, 3.8) is 0 Å². The molecule has 0 saturated carbocycles. The summed E-state index contributed by atoms with van der Waals surface area (Å²) in [5.74, 6) is -3.22. The van der Waals surface area contributed by atoms with Crippen molar-refractivity contribution in [1.29, 1.82) is 0 Å². The Hall–Kier alpha value is -2.81. The smallest absolute Gasteiger partial charge is 0.341 e. The van der Waals surface area contributed by atoms with Gasteiger partial charge < -0.3 is 30.3 Å². The van der Waals surface area contributed by atoms with E-state index >= 15 is 0 Å². The molecule has 0 saturated heterocycles. The highest BCUT2D eigenvalue weighted by atomic mass is 16.6. The Morgan fingerprint density at radius 2 is 1.74 bits per heavy atom. The van der Waals surface area contributed by atoms with Crippen LogP contribution in [0, 0.1) is 0 Å². The first kappa shape index (κ1) is 22.2. The average molecular weight is 382 g/mol. The topological polar surface area (TPSA) is 139 Å². The average Bonchev–Trinajstić information content (AvgIpc) is 2.55. The molecular weight excluding hydrogens is 356 g/mol. The second-order valence-corrected chi connectivity index (χ2v) is 7.04. The number of rotatable bonds is 6. The zero-order chi connectivity index (χ0) is 20.9. The van der Waals surface area contributed by atoms with Crippen molar-refractivity contribution >= 4 is 17.8 Å². The van der Waals surface area contributed by atoms with Crippen LogP contribution in [0.1, 0.15) is 26.3 Å². The highest BCUT2D eigenvalue weighted by Crippen LogP contribution is 2.25. The van der Waals surface area contributed by atoms with Crippen molar-refractivity contribution in [3.8, 4) is 11.5 Å². The summed E-state index contributed by atoms with van der Waals surface area (Å²) in [7, 11) is 2.35. The second-order valence-electron chi connectivity index (χ2n) is 7.04. The fourth-order valence-corrected chi connectivity index (χ4v) is 2.31. The van der Waals surface area contributed by atoms with Gasteiger partial charge in [0.05, 0.1) is 13.2 Å². The number of benzene rings is 1. The zero-order valence-corrected chi connectivity index (χ0v) is 16.1. The third-order valence-corrected chi connectivity index (χ3v) is 3.60. The summed E-state index contributed by atoms with van der Waals surface area (Å²) in [5.41, 5.74) is 5.54. The number of nitrogens with zero attached hydrogens (tertiary/aromatic N) is 1. The van der Waals surface area contributed by atoms with Crippen LogP contribution in [0.5, 0.6) is 11.5 Å². The molecule has 2 atom stereocenters. The molecule has 0 spiro atoms. The monoisotopic (exact) mass is 382 g/mol. The summed E-state index contributed by atoms with van der Waals surface area (Å²) in [4.78, 5) is 37.9. The van der Waals surface area contributed by atoms with Crippen LogP contribution in [0.2, 0.25) is 0 Å². The number of carbonyl (C=O) groups is 3. The van der Waals surface area contributed by atoms with E-state index in [1.54, 1.807) is 20.8 Å². The lowest BCUT2D eigenvalue weighted by atomic mass is 10.0. The van der Waals surface area contributed by atoms with Crippen LogP contribution >= 0.6 is 0 Å². The Bertz CT molecular complexity index is 712. The van der Waals surface area contributed by atoms with Crippen LogP contribution in [0.25, 0.3) is 0 Å². The first-order chi connectivity index (χ1) is 12.4. The molecule has 9 heteroatoms. The Morgan fingerprint density at radius 1 is 1.15 bits per heavy atom. The Kier molecular flexibility index (Phi) is 7.18. The van der Waals surface area contributed by atoms with Crippen LogP contribution in [-0.4, -0.2) is 64.8 Å². The van der Waals surface area contributed by atoms with Crippen LogP contribution in [0.3, 0.4) is 0 Å². The minimum absolute atomic E-state index is 0.0131. The number of aromatic hydroxyl groups is 2. The molecule has 1 amide bonds. The van der Waals surface area contributed by atoms with E-state index in [9.17, 15) is 24.6 Å². The maximum Gasteiger partial charge on any atom is 0.341 e. The highest BCUT2D eigenvalue weighted by molar-refractivity contribution is 6.03. The van der Waals surface area contributed by atoms with E-state index in [4.69, 9.17) is 10.5 Å². The van der Waals surface area contributed by atoms with Gasteiger partial charge in [0.2, 0.25) is 11.9 Å². The van der Waals surface area contributed by atoms with Crippen molar-refractivity contribution < 1.29 is 34.1 Å². The number of amides is 1. The Morgan fingerprint density at radius 3 is 2.22 bits per heavy atom. The van der Waals surface area contributed by atoms with Crippen LogP contribution in [-0.2, 0) is 30.3 Å². The van der Waals surface area contributed by atoms with E-state index in [2.05, 4.69) is 4.74 Å². The summed E-state index contributed by atoms with van der Waals surface area (Å²) in [6.07, 6.45) is 0.0131. The van der Waals surface area contributed by atoms with Crippen LogP contribution in [0.15, 0.2) is 18.2 Å². The van der Waals surface area contributed by atoms with Crippen LogP contribution < -0.4 is 5.73 Å². The SMILES string of the molecule is COC(=O)C(C(=O)OC(C)(C)C)N(C)C(=O)C(N)Cc1ccc(O)c(O)c1. The van der Waals surface area contributed by atoms with Gasteiger partial charge in [0.15, 0.2) is 11.5 Å². The molecule has 1 aromatic carbocycles. The number of methoxy groups -OCH3 is 1.